The van der Waals surface area contributed by atoms with E-state index >= 15 is 0 Å². The summed E-state index contributed by atoms with van der Waals surface area (Å²) in [6, 6.07) is 6.80. The molecule has 1 aromatic carbocycles. The highest BCUT2D eigenvalue weighted by Crippen LogP contribution is 2.35. The highest BCUT2D eigenvalue weighted by Gasteiger charge is 2.27. The highest BCUT2D eigenvalue weighted by molar-refractivity contribution is 6.31. The van der Waals surface area contributed by atoms with Crippen LogP contribution in [0.3, 0.4) is 0 Å². The van der Waals surface area contributed by atoms with Crippen molar-refractivity contribution in [2.45, 2.75) is 19.4 Å². The maximum absolute atomic E-state index is 11.3. The zero-order chi connectivity index (χ0) is 19.6. The van der Waals surface area contributed by atoms with Crippen molar-refractivity contribution in [1.29, 1.82) is 0 Å². The number of carboxylic acid groups (broad SMARTS) is 1. The van der Waals surface area contributed by atoms with E-state index in [2.05, 4.69) is 14.9 Å². The van der Waals surface area contributed by atoms with Gasteiger partial charge in [0.25, 0.3) is 0 Å². The summed E-state index contributed by atoms with van der Waals surface area (Å²) in [4.78, 5) is 23.1. The minimum absolute atomic E-state index is 0.208. The molecule has 2 aromatic rings. The largest absolute Gasteiger partial charge is 0.465 e. The van der Waals surface area contributed by atoms with E-state index in [0.29, 0.717) is 36.3 Å². The van der Waals surface area contributed by atoms with Gasteiger partial charge in [-0.3, -0.25) is 4.90 Å². The van der Waals surface area contributed by atoms with Crippen LogP contribution in [0.25, 0.3) is 0 Å². The van der Waals surface area contributed by atoms with Gasteiger partial charge in [0.1, 0.15) is 5.82 Å². The molecule has 144 valence electrons. The number of carbonyl (C=O) groups is 1. The maximum atomic E-state index is 11.3. The predicted molar refractivity (Wildman–Crippen MR) is 105 cm³/mol. The van der Waals surface area contributed by atoms with Crippen molar-refractivity contribution in [3.63, 3.8) is 0 Å². The maximum Gasteiger partial charge on any atom is 0.411 e. The van der Waals surface area contributed by atoms with Gasteiger partial charge >= 0.3 is 6.09 Å². The normalized spacial score (nSPS) is 17.4. The number of amides is 1. The number of rotatable bonds is 3. The lowest BCUT2D eigenvalue weighted by atomic mass is 10.0. The zero-order valence-electron chi connectivity index (χ0n) is 15.2. The fraction of sp³-hybridized carbons (Fsp3) is 0.389. The fourth-order valence-corrected chi connectivity index (χ4v) is 3.38. The van der Waals surface area contributed by atoms with Crippen molar-refractivity contribution < 1.29 is 14.6 Å². The summed E-state index contributed by atoms with van der Waals surface area (Å²) < 4.78 is 5.77. The molecule has 1 aromatic heterocycles. The highest BCUT2D eigenvalue weighted by atomic mass is 35.5. The van der Waals surface area contributed by atoms with Crippen molar-refractivity contribution in [1.82, 2.24) is 9.97 Å². The molecule has 1 aliphatic rings. The van der Waals surface area contributed by atoms with Crippen molar-refractivity contribution in [2.75, 3.05) is 42.3 Å². The Kier molecular flexibility index (Phi) is 5.67. The summed E-state index contributed by atoms with van der Waals surface area (Å²) in [6.07, 6.45) is -0.220. The minimum Gasteiger partial charge on any atom is -0.465 e. The molecule has 3 N–H and O–H groups in total. The molecule has 0 radical (unpaired) electrons. The van der Waals surface area contributed by atoms with Crippen molar-refractivity contribution in [2.24, 2.45) is 0 Å². The fourth-order valence-electron chi connectivity index (χ4n) is 3.14. The molecular formula is C18H22ClN5O3. The van der Waals surface area contributed by atoms with Gasteiger partial charge < -0.3 is 20.5 Å². The molecule has 1 saturated heterocycles. The molecule has 27 heavy (non-hydrogen) atoms. The molecule has 9 heteroatoms. The van der Waals surface area contributed by atoms with E-state index in [-0.39, 0.29) is 12.0 Å². The predicted octanol–water partition coefficient (Wildman–Crippen LogP) is 3.10. The Labute approximate surface area is 162 Å². The third-order valence-corrected chi connectivity index (χ3v) is 4.85. The Morgan fingerprint density at radius 3 is 2.89 bits per heavy atom. The van der Waals surface area contributed by atoms with Crippen LogP contribution in [-0.4, -0.2) is 48.0 Å². The van der Waals surface area contributed by atoms with Gasteiger partial charge in [-0.1, -0.05) is 11.6 Å². The van der Waals surface area contributed by atoms with Crippen LogP contribution in [0.4, 0.5) is 22.2 Å². The molecule has 8 nitrogen and oxygen atoms in total. The second-order valence-corrected chi connectivity index (χ2v) is 6.82. The third-order valence-electron chi connectivity index (χ3n) is 4.50. The first-order valence-corrected chi connectivity index (χ1v) is 8.96. The molecule has 1 amide bonds. The standard InChI is InChI=1S/C18H22ClN5O3/c1-11-8-16(22-17(20)21-11)24-6-3-7-27-10-15(24)13-9-12(4-5-14(13)19)23(2)18(25)26/h4-5,8-9,15H,3,6-7,10H2,1-2H3,(H,25,26)(H2,20,21,22). The van der Waals surface area contributed by atoms with Gasteiger partial charge in [0.2, 0.25) is 5.95 Å². The summed E-state index contributed by atoms with van der Waals surface area (Å²) >= 11 is 6.48. The van der Waals surface area contributed by atoms with E-state index in [1.165, 1.54) is 7.05 Å². The molecule has 1 unspecified atom stereocenters. The van der Waals surface area contributed by atoms with Crippen LogP contribution >= 0.6 is 11.6 Å². The van der Waals surface area contributed by atoms with Gasteiger partial charge in [-0.2, -0.15) is 4.98 Å². The molecule has 3 rings (SSSR count). The van der Waals surface area contributed by atoms with E-state index in [1.54, 1.807) is 18.2 Å². The lowest BCUT2D eigenvalue weighted by molar-refractivity contribution is 0.134. The van der Waals surface area contributed by atoms with Crippen molar-refractivity contribution in [3.05, 3.63) is 40.5 Å². The lowest BCUT2D eigenvalue weighted by Crippen LogP contribution is -2.32. The molecule has 1 aliphatic heterocycles. The monoisotopic (exact) mass is 391 g/mol. The van der Waals surface area contributed by atoms with E-state index in [4.69, 9.17) is 22.1 Å². The van der Waals surface area contributed by atoms with Crippen LogP contribution in [0.15, 0.2) is 24.3 Å². The van der Waals surface area contributed by atoms with Gasteiger partial charge in [0.05, 0.1) is 12.6 Å². The zero-order valence-corrected chi connectivity index (χ0v) is 16.0. The van der Waals surface area contributed by atoms with E-state index in [0.717, 1.165) is 22.6 Å². The second-order valence-electron chi connectivity index (χ2n) is 6.41. The van der Waals surface area contributed by atoms with Crippen LogP contribution in [0.5, 0.6) is 0 Å². The number of nitrogens with two attached hydrogens (primary N) is 1. The van der Waals surface area contributed by atoms with E-state index in [9.17, 15) is 9.90 Å². The second kappa shape index (κ2) is 7.98. The summed E-state index contributed by atoms with van der Waals surface area (Å²) in [6.45, 7) is 3.60. The van der Waals surface area contributed by atoms with Gasteiger partial charge in [-0.05, 0) is 37.1 Å². The smallest absolute Gasteiger partial charge is 0.411 e. The van der Waals surface area contributed by atoms with Gasteiger partial charge in [-0.15, -0.1) is 0 Å². The van der Waals surface area contributed by atoms with Crippen LogP contribution in [-0.2, 0) is 4.74 Å². The van der Waals surface area contributed by atoms with Gasteiger partial charge in [0, 0.05) is 42.7 Å². The first-order chi connectivity index (χ1) is 12.9. The Hall–Kier alpha value is -2.58. The topological polar surface area (TPSA) is 105 Å². The van der Waals surface area contributed by atoms with E-state index < -0.39 is 6.09 Å². The van der Waals surface area contributed by atoms with Crippen molar-refractivity contribution in [3.8, 4) is 0 Å². The molecule has 1 fully saturated rings. The van der Waals surface area contributed by atoms with Crippen LogP contribution in [0.2, 0.25) is 5.02 Å². The number of hydrogen-bond acceptors (Lipinski definition) is 6. The number of anilines is 3. The van der Waals surface area contributed by atoms with Crippen LogP contribution < -0.4 is 15.5 Å². The van der Waals surface area contributed by atoms with E-state index in [1.807, 2.05) is 13.0 Å². The summed E-state index contributed by atoms with van der Waals surface area (Å²) in [5.41, 5.74) is 7.92. The Bertz CT molecular complexity index is 827. The van der Waals surface area contributed by atoms with Crippen molar-refractivity contribution >= 4 is 35.1 Å². The third kappa shape index (κ3) is 4.23. The average molecular weight is 392 g/mol. The molecule has 0 aliphatic carbocycles. The molecular weight excluding hydrogens is 370 g/mol. The number of halogens is 1. The Morgan fingerprint density at radius 1 is 1.41 bits per heavy atom. The lowest BCUT2D eigenvalue weighted by Gasteiger charge is -2.32. The summed E-state index contributed by atoms with van der Waals surface area (Å²) in [5.74, 6) is 0.905. The molecule has 2 heterocycles. The average Bonchev–Trinajstić information content (AvgIpc) is 2.86. The van der Waals surface area contributed by atoms with Crippen LogP contribution in [0.1, 0.15) is 23.7 Å². The van der Waals surface area contributed by atoms with Crippen LogP contribution in [0, 0.1) is 6.92 Å². The minimum atomic E-state index is -1.04. The number of aromatic nitrogens is 2. The number of hydrogen-bond donors (Lipinski definition) is 2. The quantitative estimate of drug-likeness (QED) is 0.828. The number of aryl methyl sites for hydroxylation is 1. The molecule has 0 saturated carbocycles. The summed E-state index contributed by atoms with van der Waals surface area (Å²) in [5, 5.41) is 9.81. The van der Waals surface area contributed by atoms with Gasteiger partial charge in [-0.25, -0.2) is 9.78 Å². The van der Waals surface area contributed by atoms with Gasteiger partial charge in [0.15, 0.2) is 0 Å². The molecule has 1 atom stereocenters. The molecule has 0 spiro atoms. The summed E-state index contributed by atoms with van der Waals surface area (Å²) in [7, 11) is 1.49. The SMILES string of the molecule is Cc1cc(N2CCCOCC2c2cc(N(C)C(=O)O)ccc2Cl)nc(N)n1. The first kappa shape index (κ1) is 19.2. The Morgan fingerprint density at radius 2 is 2.19 bits per heavy atom. The first-order valence-electron chi connectivity index (χ1n) is 8.58. The number of ether oxygens (including phenoxy) is 1. The molecule has 0 bridgehead atoms. The number of benzene rings is 1. The number of nitrogen functional groups attached to an aromatic ring is 1. The number of nitrogens with zero attached hydrogens (tertiary/aromatic N) is 4. The Balaban J connectivity index is 2.05.